The number of hydrogen-bond acceptors (Lipinski definition) is 4. The summed E-state index contributed by atoms with van der Waals surface area (Å²) in [5, 5.41) is 10.0. The van der Waals surface area contributed by atoms with Gasteiger partial charge in [0.1, 0.15) is 5.75 Å². The quantitative estimate of drug-likeness (QED) is 0.731. The molecule has 142 valence electrons. The normalized spacial score (nSPS) is 12.7. The molecule has 0 radical (unpaired) electrons. The van der Waals surface area contributed by atoms with E-state index in [1.165, 1.54) is 0 Å². The van der Waals surface area contributed by atoms with Crippen molar-refractivity contribution in [2.75, 3.05) is 17.2 Å². The highest BCUT2D eigenvalue weighted by Gasteiger charge is 2.19. The summed E-state index contributed by atoms with van der Waals surface area (Å²) < 4.78 is 7.13. The van der Waals surface area contributed by atoms with Gasteiger partial charge in [0.15, 0.2) is 6.61 Å². The van der Waals surface area contributed by atoms with Crippen LogP contribution in [0.1, 0.15) is 28.5 Å². The molecule has 28 heavy (non-hydrogen) atoms. The molecule has 2 aromatic carbocycles. The van der Waals surface area contributed by atoms with E-state index >= 15 is 0 Å². The van der Waals surface area contributed by atoms with Crippen molar-refractivity contribution < 1.29 is 14.3 Å². The molecule has 0 unspecified atom stereocenters. The molecule has 3 aromatic rings. The molecule has 0 aliphatic carbocycles. The molecule has 2 heterocycles. The van der Waals surface area contributed by atoms with Crippen LogP contribution in [0, 0.1) is 6.92 Å². The zero-order chi connectivity index (χ0) is 19.7. The third kappa shape index (κ3) is 3.34. The van der Waals surface area contributed by atoms with Crippen LogP contribution in [0.2, 0.25) is 0 Å². The van der Waals surface area contributed by atoms with Crippen LogP contribution in [0.25, 0.3) is 5.69 Å². The Labute approximate surface area is 162 Å². The van der Waals surface area contributed by atoms with E-state index < -0.39 is 0 Å². The minimum atomic E-state index is -0.252. The number of amides is 2. The van der Waals surface area contributed by atoms with Crippen LogP contribution in [0.5, 0.6) is 5.75 Å². The van der Waals surface area contributed by atoms with Crippen molar-refractivity contribution in [2.24, 2.45) is 0 Å². The Morgan fingerprint density at radius 1 is 1.25 bits per heavy atom. The fourth-order valence-electron chi connectivity index (χ4n) is 3.17. The first-order valence-electron chi connectivity index (χ1n) is 9.07. The predicted octanol–water partition coefficient (Wildman–Crippen LogP) is 3.33. The highest BCUT2D eigenvalue weighted by molar-refractivity contribution is 6.05. The number of anilines is 2. The molecule has 0 spiro atoms. The molecule has 1 aliphatic rings. The highest BCUT2D eigenvalue weighted by atomic mass is 16.5. The van der Waals surface area contributed by atoms with Crippen molar-refractivity contribution in [1.82, 2.24) is 9.78 Å². The second kappa shape index (κ2) is 7.19. The minimum Gasteiger partial charge on any atom is -0.482 e. The lowest BCUT2D eigenvalue weighted by Crippen LogP contribution is -2.25. The first-order chi connectivity index (χ1) is 13.5. The van der Waals surface area contributed by atoms with E-state index in [1.807, 2.05) is 38.1 Å². The fraction of sp³-hybridized carbons (Fsp3) is 0.190. The Morgan fingerprint density at radius 3 is 2.79 bits per heavy atom. The summed E-state index contributed by atoms with van der Waals surface area (Å²) in [6.45, 7) is 4.01. The molecule has 4 rings (SSSR count). The van der Waals surface area contributed by atoms with Crippen molar-refractivity contribution in [3.63, 3.8) is 0 Å². The summed E-state index contributed by atoms with van der Waals surface area (Å²) in [7, 11) is 0. The molecule has 0 atom stereocenters. The molecule has 0 bridgehead atoms. The Balaban J connectivity index is 1.59. The molecule has 2 amide bonds. The van der Waals surface area contributed by atoms with Gasteiger partial charge in [-0.1, -0.05) is 24.6 Å². The standard InChI is InChI=1S/C21H20N4O3/c1-3-18-16(11-22-25(18)15-7-4-13(2)5-8-15)21(27)23-14-6-9-19-17(10-14)24-20(26)12-28-19/h4-11H,3,12H2,1-2H3,(H,23,27)(H,24,26). The molecule has 7 heteroatoms. The number of fused-ring (bicyclic) bond motifs is 1. The van der Waals surface area contributed by atoms with E-state index in [-0.39, 0.29) is 18.4 Å². The maximum Gasteiger partial charge on any atom is 0.262 e. The van der Waals surface area contributed by atoms with Crippen LogP contribution in [-0.4, -0.2) is 28.2 Å². The van der Waals surface area contributed by atoms with Crippen molar-refractivity contribution in [3.05, 3.63) is 65.5 Å². The van der Waals surface area contributed by atoms with Gasteiger partial charge in [-0.15, -0.1) is 0 Å². The monoisotopic (exact) mass is 376 g/mol. The fourth-order valence-corrected chi connectivity index (χ4v) is 3.17. The topological polar surface area (TPSA) is 85.2 Å². The van der Waals surface area contributed by atoms with Crippen LogP contribution < -0.4 is 15.4 Å². The molecule has 0 fully saturated rings. The maximum atomic E-state index is 12.8. The largest absolute Gasteiger partial charge is 0.482 e. The average molecular weight is 376 g/mol. The Kier molecular flexibility index (Phi) is 4.57. The SMILES string of the molecule is CCc1c(C(=O)Nc2ccc3c(c2)NC(=O)CO3)cnn1-c1ccc(C)cc1. The van der Waals surface area contributed by atoms with Gasteiger partial charge in [-0.25, -0.2) is 4.68 Å². The lowest BCUT2D eigenvalue weighted by atomic mass is 10.1. The number of nitrogens with zero attached hydrogens (tertiary/aromatic N) is 2. The summed E-state index contributed by atoms with van der Waals surface area (Å²) in [5.74, 6) is 0.112. The Hall–Kier alpha value is -3.61. The van der Waals surface area contributed by atoms with Crippen molar-refractivity contribution in [3.8, 4) is 11.4 Å². The Bertz CT molecular complexity index is 1050. The number of carbonyl (C=O) groups is 2. The van der Waals surface area contributed by atoms with Crippen molar-refractivity contribution >= 4 is 23.2 Å². The van der Waals surface area contributed by atoms with E-state index in [1.54, 1.807) is 29.1 Å². The summed E-state index contributed by atoms with van der Waals surface area (Å²) in [5.41, 5.74) is 4.53. The van der Waals surface area contributed by atoms with Crippen molar-refractivity contribution in [1.29, 1.82) is 0 Å². The first kappa shape index (κ1) is 17.8. The van der Waals surface area contributed by atoms with Crippen LogP contribution in [0.4, 0.5) is 11.4 Å². The average Bonchev–Trinajstić information content (AvgIpc) is 3.12. The first-order valence-corrected chi connectivity index (χ1v) is 9.07. The molecular weight excluding hydrogens is 356 g/mol. The molecule has 0 saturated heterocycles. The minimum absolute atomic E-state index is 0.00321. The molecule has 0 saturated carbocycles. The Morgan fingerprint density at radius 2 is 2.04 bits per heavy atom. The highest BCUT2D eigenvalue weighted by Crippen LogP contribution is 2.30. The van der Waals surface area contributed by atoms with Gasteiger partial charge in [0.05, 0.1) is 28.8 Å². The van der Waals surface area contributed by atoms with Gasteiger partial charge >= 0.3 is 0 Å². The number of nitrogens with one attached hydrogen (secondary N) is 2. The summed E-state index contributed by atoms with van der Waals surface area (Å²) in [6.07, 6.45) is 2.24. The van der Waals surface area contributed by atoms with Gasteiger partial charge in [-0.2, -0.15) is 5.10 Å². The summed E-state index contributed by atoms with van der Waals surface area (Å²) in [6, 6.07) is 13.1. The van der Waals surface area contributed by atoms with Gasteiger partial charge < -0.3 is 15.4 Å². The maximum absolute atomic E-state index is 12.8. The van der Waals surface area contributed by atoms with Crippen LogP contribution in [0.15, 0.2) is 48.7 Å². The second-order valence-electron chi connectivity index (χ2n) is 6.61. The van der Waals surface area contributed by atoms with Gasteiger partial charge in [-0.3, -0.25) is 9.59 Å². The predicted molar refractivity (Wildman–Crippen MR) is 106 cm³/mol. The number of benzene rings is 2. The zero-order valence-electron chi connectivity index (χ0n) is 15.7. The van der Waals surface area contributed by atoms with Gasteiger partial charge in [-0.05, 0) is 43.7 Å². The molecule has 7 nitrogen and oxygen atoms in total. The molecule has 2 N–H and O–H groups in total. The number of aryl methyl sites for hydroxylation is 1. The van der Waals surface area contributed by atoms with Gasteiger partial charge in [0.25, 0.3) is 11.8 Å². The smallest absolute Gasteiger partial charge is 0.262 e. The molecular formula is C21H20N4O3. The van der Waals surface area contributed by atoms with Gasteiger partial charge in [0, 0.05) is 5.69 Å². The third-order valence-corrected chi connectivity index (χ3v) is 4.60. The van der Waals surface area contributed by atoms with E-state index in [9.17, 15) is 9.59 Å². The van der Waals surface area contributed by atoms with E-state index in [0.29, 0.717) is 29.1 Å². The van der Waals surface area contributed by atoms with E-state index in [4.69, 9.17) is 4.74 Å². The second-order valence-corrected chi connectivity index (χ2v) is 6.61. The van der Waals surface area contributed by atoms with E-state index in [0.717, 1.165) is 16.9 Å². The summed E-state index contributed by atoms with van der Waals surface area (Å²) >= 11 is 0. The van der Waals surface area contributed by atoms with Crippen LogP contribution >= 0.6 is 0 Å². The number of rotatable bonds is 4. The number of aromatic nitrogens is 2. The van der Waals surface area contributed by atoms with E-state index in [2.05, 4.69) is 15.7 Å². The lowest BCUT2D eigenvalue weighted by molar-refractivity contribution is -0.118. The van der Waals surface area contributed by atoms with Crippen LogP contribution in [-0.2, 0) is 11.2 Å². The van der Waals surface area contributed by atoms with Gasteiger partial charge in [0.2, 0.25) is 0 Å². The number of ether oxygens (including phenoxy) is 1. The molecule has 1 aromatic heterocycles. The molecule has 1 aliphatic heterocycles. The number of hydrogen-bond donors (Lipinski definition) is 2. The summed E-state index contributed by atoms with van der Waals surface area (Å²) in [4.78, 5) is 24.3. The third-order valence-electron chi connectivity index (χ3n) is 4.60. The zero-order valence-corrected chi connectivity index (χ0v) is 15.7. The lowest BCUT2D eigenvalue weighted by Gasteiger charge is -2.18. The van der Waals surface area contributed by atoms with Crippen LogP contribution in [0.3, 0.4) is 0 Å². The van der Waals surface area contributed by atoms with Crippen molar-refractivity contribution in [2.45, 2.75) is 20.3 Å². The number of carbonyl (C=O) groups excluding carboxylic acids is 2.